The first-order valence-corrected chi connectivity index (χ1v) is 7.53. The predicted molar refractivity (Wildman–Crippen MR) is 77.4 cm³/mol. The van der Waals surface area contributed by atoms with Crippen LogP contribution in [0.3, 0.4) is 0 Å². The fraction of sp³-hybridized carbons (Fsp3) is 0.529. The minimum Gasteiger partial charge on any atom is -0.279 e. The Kier molecular flexibility index (Phi) is 3.36. The average Bonchev–Trinajstić information content (AvgIpc) is 2.65. The Balaban J connectivity index is 1.80. The number of nitrogens with zero attached hydrogens (tertiary/aromatic N) is 1. The molecule has 0 N–H and O–H groups in total. The van der Waals surface area contributed by atoms with Crippen LogP contribution in [0.4, 0.5) is 0 Å². The Bertz CT molecular complexity index is 528. The van der Waals surface area contributed by atoms with Gasteiger partial charge < -0.3 is 0 Å². The van der Waals surface area contributed by atoms with Gasteiger partial charge in [-0.1, -0.05) is 38.1 Å². The van der Waals surface area contributed by atoms with Gasteiger partial charge in [-0.25, -0.2) is 0 Å². The second-order valence-corrected chi connectivity index (χ2v) is 6.26. The van der Waals surface area contributed by atoms with Crippen LogP contribution in [-0.2, 0) is 9.59 Å². The molecule has 0 aromatic heterocycles. The van der Waals surface area contributed by atoms with Gasteiger partial charge in [0.2, 0.25) is 11.8 Å². The minimum absolute atomic E-state index is 0.0111. The van der Waals surface area contributed by atoms with Crippen molar-refractivity contribution in [1.82, 2.24) is 4.90 Å². The molecule has 20 heavy (non-hydrogen) atoms. The summed E-state index contributed by atoms with van der Waals surface area (Å²) < 4.78 is 0. The van der Waals surface area contributed by atoms with E-state index in [4.69, 9.17) is 0 Å². The van der Waals surface area contributed by atoms with Crippen LogP contribution in [0.25, 0.3) is 0 Å². The zero-order valence-electron chi connectivity index (χ0n) is 12.1. The number of carbonyl (C=O) groups is 2. The molecule has 1 heterocycles. The van der Waals surface area contributed by atoms with E-state index in [1.807, 2.05) is 12.1 Å². The van der Waals surface area contributed by atoms with Crippen molar-refractivity contribution in [2.24, 2.45) is 0 Å². The maximum Gasteiger partial charge on any atom is 0.237 e. The third-order valence-corrected chi connectivity index (χ3v) is 4.63. The van der Waals surface area contributed by atoms with E-state index < -0.39 is 0 Å². The van der Waals surface area contributed by atoms with Crippen molar-refractivity contribution in [3.63, 3.8) is 0 Å². The van der Waals surface area contributed by atoms with Crippen LogP contribution in [0.2, 0.25) is 0 Å². The van der Waals surface area contributed by atoms with E-state index in [0.717, 1.165) is 24.8 Å². The lowest BCUT2D eigenvalue weighted by Crippen LogP contribution is -2.44. The van der Waals surface area contributed by atoms with Gasteiger partial charge in [0.25, 0.3) is 0 Å². The lowest BCUT2D eigenvalue weighted by molar-refractivity contribution is -0.143. The number of imide groups is 1. The molecule has 1 saturated carbocycles. The summed E-state index contributed by atoms with van der Waals surface area (Å²) in [6.07, 6.45) is 3.44. The lowest BCUT2D eigenvalue weighted by atomic mass is 9.91. The second-order valence-electron chi connectivity index (χ2n) is 6.26. The van der Waals surface area contributed by atoms with Gasteiger partial charge in [-0.05, 0) is 36.3 Å². The van der Waals surface area contributed by atoms with Gasteiger partial charge in [-0.2, -0.15) is 0 Å². The van der Waals surface area contributed by atoms with Crippen LogP contribution in [0.15, 0.2) is 24.3 Å². The molecule has 2 fully saturated rings. The van der Waals surface area contributed by atoms with Crippen LogP contribution in [0, 0.1) is 0 Å². The largest absolute Gasteiger partial charge is 0.279 e. The Morgan fingerprint density at radius 1 is 1.10 bits per heavy atom. The van der Waals surface area contributed by atoms with Crippen LogP contribution in [-0.4, -0.2) is 22.8 Å². The molecule has 1 unspecified atom stereocenters. The Morgan fingerprint density at radius 3 is 2.25 bits per heavy atom. The average molecular weight is 271 g/mol. The molecule has 3 heteroatoms. The van der Waals surface area contributed by atoms with Crippen molar-refractivity contribution in [2.45, 2.75) is 57.4 Å². The zero-order chi connectivity index (χ0) is 14.3. The molecule has 1 atom stereocenters. The number of hydrogen-bond acceptors (Lipinski definition) is 2. The molecule has 1 aliphatic carbocycles. The number of rotatable bonds is 3. The second kappa shape index (κ2) is 5.04. The molecule has 0 radical (unpaired) electrons. The van der Waals surface area contributed by atoms with Crippen molar-refractivity contribution < 1.29 is 9.59 Å². The highest BCUT2D eigenvalue weighted by atomic mass is 16.2. The highest BCUT2D eigenvalue weighted by Crippen LogP contribution is 2.36. The first-order valence-electron chi connectivity index (χ1n) is 7.53. The normalized spacial score (nSPS) is 23.6. The summed E-state index contributed by atoms with van der Waals surface area (Å²) >= 11 is 0. The van der Waals surface area contributed by atoms with E-state index in [0.29, 0.717) is 12.3 Å². The summed E-state index contributed by atoms with van der Waals surface area (Å²) in [5, 5.41) is 0. The monoisotopic (exact) mass is 271 g/mol. The van der Waals surface area contributed by atoms with Crippen molar-refractivity contribution in [3.8, 4) is 0 Å². The molecular weight excluding hydrogens is 250 g/mol. The van der Waals surface area contributed by atoms with E-state index in [1.165, 1.54) is 10.5 Å². The topological polar surface area (TPSA) is 37.4 Å². The first kappa shape index (κ1) is 13.3. The molecule has 1 aromatic rings. The van der Waals surface area contributed by atoms with Crippen LogP contribution in [0.5, 0.6) is 0 Å². The molecule has 2 aliphatic rings. The Hall–Kier alpha value is -1.64. The fourth-order valence-corrected chi connectivity index (χ4v) is 3.05. The van der Waals surface area contributed by atoms with Crippen molar-refractivity contribution >= 4 is 11.8 Å². The lowest BCUT2D eigenvalue weighted by Gasteiger charge is -2.33. The van der Waals surface area contributed by atoms with Gasteiger partial charge >= 0.3 is 0 Å². The number of likely N-dealkylation sites (tertiary alicyclic amines) is 1. The minimum atomic E-state index is -0.260. The Labute approximate surface area is 120 Å². The Morgan fingerprint density at radius 2 is 1.75 bits per heavy atom. The maximum absolute atomic E-state index is 12.5. The van der Waals surface area contributed by atoms with Gasteiger partial charge in [-0.3, -0.25) is 14.5 Å². The quantitative estimate of drug-likeness (QED) is 0.792. The third kappa shape index (κ3) is 2.15. The van der Waals surface area contributed by atoms with Crippen LogP contribution >= 0.6 is 0 Å². The smallest absolute Gasteiger partial charge is 0.237 e. The number of amides is 2. The summed E-state index contributed by atoms with van der Waals surface area (Å²) in [5.41, 5.74) is 2.25. The SMILES string of the molecule is CC(C)c1ccc(C2CC(=O)N(C3CCC3)C2=O)cc1. The summed E-state index contributed by atoms with van der Waals surface area (Å²) in [4.78, 5) is 26.1. The van der Waals surface area contributed by atoms with Gasteiger partial charge in [0.05, 0.1) is 5.92 Å². The molecule has 3 nitrogen and oxygen atoms in total. The van der Waals surface area contributed by atoms with Crippen molar-refractivity contribution in [1.29, 1.82) is 0 Å². The summed E-state index contributed by atoms with van der Waals surface area (Å²) in [6.45, 7) is 4.30. The molecular formula is C17H21NO2. The standard InChI is InChI=1S/C17H21NO2/c1-11(2)12-6-8-13(9-7-12)15-10-16(19)18(17(15)20)14-4-3-5-14/h6-9,11,14-15H,3-5,10H2,1-2H3. The molecule has 1 aromatic carbocycles. The van der Waals surface area contributed by atoms with E-state index in [-0.39, 0.29) is 23.8 Å². The van der Waals surface area contributed by atoms with E-state index in [1.54, 1.807) is 0 Å². The van der Waals surface area contributed by atoms with E-state index in [2.05, 4.69) is 26.0 Å². The fourth-order valence-electron chi connectivity index (χ4n) is 3.05. The zero-order valence-corrected chi connectivity index (χ0v) is 12.1. The predicted octanol–water partition coefficient (Wildman–Crippen LogP) is 3.21. The first-order chi connectivity index (χ1) is 9.58. The number of benzene rings is 1. The number of carbonyl (C=O) groups excluding carboxylic acids is 2. The highest BCUT2D eigenvalue weighted by Gasteiger charge is 2.44. The van der Waals surface area contributed by atoms with Gasteiger partial charge in [-0.15, -0.1) is 0 Å². The summed E-state index contributed by atoms with van der Waals surface area (Å²) in [5.74, 6) is 0.246. The molecule has 1 aliphatic heterocycles. The summed E-state index contributed by atoms with van der Waals surface area (Å²) in [6, 6.07) is 8.34. The molecule has 0 bridgehead atoms. The molecule has 3 rings (SSSR count). The van der Waals surface area contributed by atoms with Crippen LogP contribution in [0.1, 0.15) is 62.5 Å². The van der Waals surface area contributed by atoms with Crippen molar-refractivity contribution in [3.05, 3.63) is 35.4 Å². The molecule has 106 valence electrons. The maximum atomic E-state index is 12.5. The molecule has 0 spiro atoms. The van der Waals surface area contributed by atoms with E-state index >= 15 is 0 Å². The number of hydrogen-bond donors (Lipinski definition) is 0. The van der Waals surface area contributed by atoms with Crippen LogP contribution < -0.4 is 0 Å². The summed E-state index contributed by atoms with van der Waals surface area (Å²) in [7, 11) is 0. The molecule has 2 amide bonds. The highest BCUT2D eigenvalue weighted by molar-refractivity contribution is 6.06. The van der Waals surface area contributed by atoms with Crippen molar-refractivity contribution in [2.75, 3.05) is 0 Å². The van der Waals surface area contributed by atoms with Gasteiger partial charge in [0, 0.05) is 12.5 Å². The molecule has 1 saturated heterocycles. The van der Waals surface area contributed by atoms with Gasteiger partial charge in [0.15, 0.2) is 0 Å². The third-order valence-electron chi connectivity index (χ3n) is 4.63. The van der Waals surface area contributed by atoms with E-state index in [9.17, 15) is 9.59 Å². The van der Waals surface area contributed by atoms with Gasteiger partial charge in [0.1, 0.15) is 0 Å².